The molecule has 0 N–H and O–H groups in total. The molecule has 0 aliphatic carbocycles. The minimum absolute atomic E-state index is 0.136. The van der Waals surface area contributed by atoms with E-state index in [-0.39, 0.29) is 5.91 Å². The number of anilines is 1. The number of carbonyl (C=O) groups is 1. The number of carbonyl (C=O) groups excluding carboxylic acids is 1. The number of piperazine rings is 1. The summed E-state index contributed by atoms with van der Waals surface area (Å²) in [6.45, 7) is 4.75. The third-order valence-corrected chi connectivity index (χ3v) is 4.70. The molecule has 1 aliphatic heterocycles. The van der Waals surface area contributed by atoms with Crippen LogP contribution in [0.25, 0.3) is 11.3 Å². The van der Waals surface area contributed by atoms with Crippen molar-refractivity contribution in [2.75, 3.05) is 31.1 Å². The molecule has 1 aromatic heterocycles. The van der Waals surface area contributed by atoms with E-state index in [0.717, 1.165) is 42.6 Å². The van der Waals surface area contributed by atoms with E-state index in [0.29, 0.717) is 5.56 Å². The van der Waals surface area contributed by atoms with Gasteiger partial charge in [-0.3, -0.25) is 4.79 Å². The second-order valence-electron chi connectivity index (χ2n) is 5.20. The van der Waals surface area contributed by atoms with Crippen molar-refractivity contribution < 1.29 is 4.79 Å². The second kappa shape index (κ2) is 6.16. The summed E-state index contributed by atoms with van der Waals surface area (Å²) in [6.07, 6.45) is 0. The van der Waals surface area contributed by atoms with E-state index in [2.05, 4.69) is 16.0 Å². The Kier molecular flexibility index (Phi) is 4.07. The van der Waals surface area contributed by atoms with Crippen LogP contribution in [0.4, 0.5) is 5.13 Å². The molecular weight excluding hydrogens is 296 g/mol. The normalized spacial score (nSPS) is 14.7. The maximum absolute atomic E-state index is 11.4. The lowest BCUT2D eigenvalue weighted by atomic mass is 10.1. The molecule has 6 heteroatoms. The number of hydrogen-bond donors (Lipinski definition) is 0. The van der Waals surface area contributed by atoms with Gasteiger partial charge in [-0.25, -0.2) is 4.98 Å². The van der Waals surface area contributed by atoms with Gasteiger partial charge in [-0.05, 0) is 12.1 Å². The molecule has 0 spiro atoms. The number of benzene rings is 1. The van der Waals surface area contributed by atoms with Gasteiger partial charge in [0.05, 0.1) is 17.3 Å². The van der Waals surface area contributed by atoms with E-state index in [4.69, 9.17) is 5.26 Å². The minimum Gasteiger partial charge on any atom is -0.345 e. The van der Waals surface area contributed by atoms with Gasteiger partial charge in [0.25, 0.3) is 0 Å². The van der Waals surface area contributed by atoms with E-state index in [1.807, 2.05) is 22.4 Å². The standard InChI is InChI=1S/C16H16N4OS/c1-12(21)19-6-8-20(9-7-19)16-18-15(11-22-16)14-4-2-13(10-17)3-5-14/h2-5,11H,6-9H2,1H3. The van der Waals surface area contributed by atoms with Crippen LogP contribution >= 0.6 is 11.3 Å². The number of nitrogens with zero attached hydrogens (tertiary/aromatic N) is 4. The lowest BCUT2D eigenvalue weighted by molar-refractivity contribution is -0.129. The highest BCUT2D eigenvalue weighted by Gasteiger charge is 2.20. The number of hydrogen-bond acceptors (Lipinski definition) is 5. The van der Waals surface area contributed by atoms with Crippen molar-refractivity contribution in [2.45, 2.75) is 6.92 Å². The van der Waals surface area contributed by atoms with Gasteiger partial charge in [0.1, 0.15) is 0 Å². The van der Waals surface area contributed by atoms with E-state index in [9.17, 15) is 4.79 Å². The van der Waals surface area contributed by atoms with E-state index in [1.165, 1.54) is 0 Å². The fraction of sp³-hybridized carbons (Fsp3) is 0.312. The second-order valence-corrected chi connectivity index (χ2v) is 6.03. The Balaban J connectivity index is 1.71. The molecule has 1 amide bonds. The highest BCUT2D eigenvalue weighted by Crippen LogP contribution is 2.28. The van der Waals surface area contributed by atoms with Crippen molar-refractivity contribution in [2.24, 2.45) is 0 Å². The highest BCUT2D eigenvalue weighted by atomic mass is 32.1. The molecule has 1 aromatic carbocycles. The first-order chi connectivity index (χ1) is 10.7. The molecular formula is C16H16N4OS. The van der Waals surface area contributed by atoms with Gasteiger partial charge < -0.3 is 9.80 Å². The predicted molar refractivity (Wildman–Crippen MR) is 86.7 cm³/mol. The SMILES string of the molecule is CC(=O)N1CCN(c2nc(-c3ccc(C#N)cc3)cs2)CC1. The Morgan fingerprint density at radius 1 is 1.23 bits per heavy atom. The smallest absolute Gasteiger partial charge is 0.219 e. The zero-order valence-electron chi connectivity index (χ0n) is 12.3. The molecule has 1 saturated heterocycles. The monoisotopic (exact) mass is 312 g/mol. The Hall–Kier alpha value is -2.39. The van der Waals surface area contributed by atoms with E-state index < -0.39 is 0 Å². The summed E-state index contributed by atoms with van der Waals surface area (Å²) in [5.41, 5.74) is 2.60. The van der Waals surface area contributed by atoms with E-state index in [1.54, 1.807) is 30.4 Å². The van der Waals surface area contributed by atoms with Crippen LogP contribution in [-0.2, 0) is 4.79 Å². The van der Waals surface area contributed by atoms with Gasteiger partial charge in [-0.2, -0.15) is 5.26 Å². The summed E-state index contributed by atoms with van der Waals surface area (Å²) in [5.74, 6) is 0.136. The molecule has 1 fully saturated rings. The number of aromatic nitrogens is 1. The van der Waals surface area contributed by atoms with Crippen LogP contribution in [0.15, 0.2) is 29.6 Å². The van der Waals surface area contributed by atoms with Gasteiger partial charge in [0, 0.05) is 44.0 Å². The van der Waals surface area contributed by atoms with Crippen molar-refractivity contribution in [3.63, 3.8) is 0 Å². The van der Waals surface area contributed by atoms with Crippen molar-refractivity contribution in [3.8, 4) is 17.3 Å². The molecule has 2 aromatic rings. The summed E-state index contributed by atoms with van der Waals surface area (Å²) >= 11 is 1.62. The maximum Gasteiger partial charge on any atom is 0.219 e. The Bertz CT molecular complexity index is 708. The molecule has 1 aliphatic rings. The predicted octanol–water partition coefficient (Wildman–Crippen LogP) is 2.35. The maximum atomic E-state index is 11.4. The summed E-state index contributed by atoms with van der Waals surface area (Å²) in [7, 11) is 0. The van der Waals surface area contributed by atoms with Crippen molar-refractivity contribution in [1.82, 2.24) is 9.88 Å². The molecule has 0 unspecified atom stereocenters. The highest BCUT2D eigenvalue weighted by molar-refractivity contribution is 7.14. The number of thiazole rings is 1. The molecule has 0 bridgehead atoms. The molecule has 2 heterocycles. The van der Waals surface area contributed by atoms with Gasteiger partial charge in [0.15, 0.2) is 5.13 Å². The van der Waals surface area contributed by atoms with Gasteiger partial charge in [-0.15, -0.1) is 11.3 Å². The largest absolute Gasteiger partial charge is 0.345 e. The first-order valence-electron chi connectivity index (χ1n) is 7.14. The average molecular weight is 312 g/mol. The van der Waals surface area contributed by atoms with Crippen molar-refractivity contribution >= 4 is 22.4 Å². The van der Waals surface area contributed by atoms with Crippen LogP contribution in [0.3, 0.4) is 0 Å². The van der Waals surface area contributed by atoms with Crippen LogP contribution in [0.2, 0.25) is 0 Å². The van der Waals surface area contributed by atoms with Gasteiger partial charge in [0.2, 0.25) is 5.91 Å². The first kappa shape index (κ1) is 14.5. The third kappa shape index (κ3) is 2.95. The first-order valence-corrected chi connectivity index (χ1v) is 8.02. The lowest BCUT2D eigenvalue weighted by Gasteiger charge is -2.33. The van der Waals surface area contributed by atoms with Gasteiger partial charge >= 0.3 is 0 Å². The Morgan fingerprint density at radius 3 is 2.50 bits per heavy atom. The third-order valence-electron chi connectivity index (χ3n) is 3.80. The Morgan fingerprint density at radius 2 is 1.91 bits per heavy atom. The summed E-state index contributed by atoms with van der Waals surface area (Å²) < 4.78 is 0. The van der Waals surface area contributed by atoms with Crippen molar-refractivity contribution in [1.29, 1.82) is 5.26 Å². The molecule has 22 heavy (non-hydrogen) atoms. The topological polar surface area (TPSA) is 60.2 Å². The number of nitriles is 1. The fourth-order valence-corrected chi connectivity index (χ4v) is 3.36. The van der Waals surface area contributed by atoms with Crippen LogP contribution < -0.4 is 4.90 Å². The molecule has 0 atom stereocenters. The Labute approximate surface area is 133 Å². The van der Waals surface area contributed by atoms with Crippen LogP contribution in [-0.4, -0.2) is 42.0 Å². The molecule has 5 nitrogen and oxygen atoms in total. The van der Waals surface area contributed by atoms with Gasteiger partial charge in [-0.1, -0.05) is 12.1 Å². The zero-order chi connectivity index (χ0) is 15.5. The average Bonchev–Trinajstić information content (AvgIpc) is 3.05. The molecule has 0 radical (unpaired) electrons. The van der Waals surface area contributed by atoms with Crippen molar-refractivity contribution in [3.05, 3.63) is 35.2 Å². The zero-order valence-corrected chi connectivity index (χ0v) is 13.1. The summed E-state index contributed by atoms with van der Waals surface area (Å²) in [6, 6.07) is 9.57. The van der Waals surface area contributed by atoms with Crippen LogP contribution in [0.1, 0.15) is 12.5 Å². The van der Waals surface area contributed by atoms with E-state index >= 15 is 0 Å². The number of rotatable bonds is 2. The number of amides is 1. The fourth-order valence-electron chi connectivity index (χ4n) is 2.47. The van der Waals surface area contributed by atoms with Crippen LogP contribution in [0, 0.1) is 11.3 Å². The molecule has 0 saturated carbocycles. The quantitative estimate of drug-likeness (QED) is 0.854. The lowest BCUT2D eigenvalue weighted by Crippen LogP contribution is -2.48. The molecule has 3 rings (SSSR count). The van der Waals surface area contributed by atoms with Crippen LogP contribution in [0.5, 0.6) is 0 Å². The molecule has 112 valence electrons. The minimum atomic E-state index is 0.136. The summed E-state index contributed by atoms with van der Waals surface area (Å²) in [4.78, 5) is 20.1. The summed E-state index contributed by atoms with van der Waals surface area (Å²) in [5, 5.41) is 11.9.